The zero-order valence-electron chi connectivity index (χ0n) is 16.5. The first-order valence-corrected chi connectivity index (χ1v) is 9.98. The van der Waals surface area contributed by atoms with Crippen LogP contribution in [0.4, 0.5) is 5.69 Å². The van der Waals surface area contributed by atoms with Crippen LogP contribution in [0.5, 0.6) is 5.75 Å². The van der Waals surface area contributed by atoms with Gasteiger partial charge in [-0.3, -0.25) is 9.59 Å². The van der Waals surface area contributed by atoms with Gasteiger partial charge in [-0.2, -0.15) is 0 Å². The van der Waals surface area contributed by atoms with E-state index < -0.39 is 0 Å². The Morgan fingerprint density at radius 3 is 2.52 bits per heavy atom. The quantitative estimate of drug-likeness (QED) is 0.545. The fraction of sp³-hybridized carbons (Fsp3) is 0.364. The van der Waals surface area contributed by atoms with Crippen LogP contribution in [0, 0.1) is 0 Å². The van der Waals surface area contributed by atoms with E-state index in [1.54, 1.807) is 36.4 Å². The topological polar surface area (TPSA) is 81.1 Å². The SMILES string of the molecule is O=C(COc1ccccc1)Nc1ccccc1C(=O)NCCC[NH+]1CCOCC1. The van der Waals surface area contributed by atoms with E-state index in [0.29, 0.717) is 23.5 Å². The second-order valence-electron chi connectivity index (χ2n) is 6.92. The number of amides is 2. The van der Waals surface area contributed by atoms with Gasteiger partial charge in [0.25, 0.3) is 11.8 Å². The van der Waals surface area contributed by atoms with Crippen molar-refractivity contribution >= 4 is 17.5 Å². The number of benzene rings is 2. The molecular formula is C22H28N3O4+. The highest BCUT2D eigenvalue weighted by atomic mass is 16.5. The molecule has 7 nitrogen and oxygen atoms in total. The Labute approximate surface area is 171 Å². The fourth-order valence-electron chi connectivity index (χ4n) is 3.19. The molecule has 0 atom stereocenters. The summed E-state index contributed by atoms with van der Waals surface area (Å²) in [4.78, 5) is 26.3. The molecule has 0 unspecified atom stereocenters. The van der Waals surface area contributed by atoms with Crippen LogP contribution in [0.1, 0.15) is 16.8 Å². The summed E-state index contributed by atoms with van der Waals surface area (Å²) in [6.07, 6.45) is 0.903. The summed E-state index contributed by atoms with van der Waals surface area (Å²) in [5.74, 6) is 0.114. The number of rotatable bonds is 9. The van der Waals surface area contributed by atoms with Crippen molar-refractivity contribution in [2.24, 2.45) is 0 Å². The van der Waals surface area contributed by atoms with Crippen LogP contribution < -0.4 is 20.3 Å². The second-order valence-corrected chi connectivity index (χ2v) is 6.92. The van der Waals surface area contributed by atoms with Gasteiger partial charge in [-0.05, 0) is 24.3 Å². The molecule has 0 aromatic heterocycles. The Morgan fingerprint density at radius 1 is 1.00 bits per heavy atom. The molecule has 2 aromatic carbocycles. The molecule has 3 N–H and O–H groups in total. The number of hydrogen-bond acceptors (Lipinski definition) is 4. The molecule has 7 heteroatoms. The molecule has 1 fully saturated rings. The predicted octanol–water partition coefficient (Wildman–Crippen LogP) is 0.739. The smallest absolute Gasteiger partial charge is 0.262 e. The minimum atomic E-state index is -0.315. The molecule has 0 bridgehead atoms. The minimum absolute atomic E-state index is 0.123. The summed E-state index contributed by atoms with van der Waals surface area (Å²) in [5, 5.41) is 5.70. The molecule has 0 radical (unpaired) electrons. The number of quaternary nitrogens is 1. The van der Waals surface area contributed by atoms with E-state index in [4.69, 9.17) is 9.47 Å². The van der Waals surface area contributed by atoms with Gasteiger partial charge in [-0.25, -0.2) is 0 Å². The number of anilines is 1. The number of nitrogens with one attached hydrogen (secondary N) is 3. The number of hydrogen-bond donors (Lipinski definition) is 3. The zero-order chi connectivity index (χ0) is 20.3. The number of carbonyl (C=O) groups is 2. The van der Waals surface area contributed by atoms with Crippen LogP contribution in [0.3, 0.4) is 0 Å². The molecule has 1 heterocycles. The molecule has 1 aliphatic rings. The van der Waals surface area contributed by atoms with Crippen molar-refractivity contribution < 1.29 is 24.0 Å². The molecular weight excluding hydrogens is 370 g/mol. The number of ether oxygens (including phenoxy) is 2. The van der Waals surface area contributed by atoms with Crippen molar-refractivity contribution in [3.63, 3.8) is 0 Å². The van der Waals surface area contributed by atoms with Crippen molar-refractivity contribution in [2.45, 2.75) is 6.42 Å². The summed E-state index contributed by atoms with van der Waals surface area (Å²) in [6, 6.07) is 16.1. The maximum atomic E-state index is 12.6. The van der Waals surface area contributed by atoms with E-state index in [0.717, 1.165) is 39.3 Å². The molecule has 0 spiro atoms. The Balaban J connectivity index is 1.45. The van der Waals surface area contributed by atoms with Gasteiger partial charge in [0.1, 0.15) is 18.8 Å². The van der Waals surface area contributed by atoms with Gasteiger partial charge >= 0.3 is 0 Å². The maximum absolute atomic E-state index is 12.6. The van der Waals surface area contributed by atoms with Crippen LogP contribution in [0.15, 0.2) is 54.6 Å². The van der Waals surface area contributed by atoms with Gasteiger partial charge in [-0.15, -0.1) is 0 Å². The van der Waals surface area contributed by atoms with E-state index in [1.165, 1.54) is 4.90 Å². The lowest BCUT2D eigenvalue weighted by molar-refractivity contribution is -0.908. The van der Waals surface area contributed by atoms with Gasteiger partial charge in [-0.1, -0.05) is 30.3 Å². The van der Waals surface area contributed by atoms with Gasteiger partial charge in [0.2, 0.25) is 0 Å². The van der Waals surface area contributed by atoms with Gasteiger partial charge in [0, 0.05) is 13.0 Å². The summed E-state index contributed by atoms with van der Waals surface area (Å²) < 4.78 is 10.8. The van der Waals surface area contributed by atoms with Crippen LogP contribution in [0.25, 0.3) is 0 Å². The van der Waals surface area contributed by atoms with Crippen LogP contribution in [-0.4, -0.2) is 57.8 Å². The summed E-state index contributed by atoms with van der Waals surface area (Å²) in [7, 11) is 0. The zero-order valence-corrected chi connectivity index (χ0v) is 16.5. The summed E-state index contributed by atoms with van der Waals surface area (Å²) in [6.45, 7) is 5.15. The Bertz CT molecular complexity index is 792. The van der Waals surface area contributed by atoms with Gasteiger partial charge in [0.15, 0.2) is 6.61 Å². The first kappa shape index (κ1) is 20.8. The van der Waals surface area contributed by atoms with E-state index in [1.807, 2.05) is 18.2 Å². The molecule has 2 aromatic rings. The van der Waals surface area contributed by atoms with Gasteiger partial charge in [0.05, 0.1) is 31.0 Å². The third-order valence-electron chi connectivity index (χ3n) is 4.75. The van der Waals surface area contributed by atoms with Crippen molar-refractivity contribution in [1.82, 2.24) is 5.32 Å². The first-order chi connectivity index (χ1) is 14.2. The molecule has 154 valence electrons. The fourth-order valence-corrected chi connectivity index (χ4v) is 3.19. The van der Waals surface area contributed by atoms with Gasteiger partial charge < -0.3 is 25.0 Å². The minimum Gasteiger partial charge on any atom is -0.484 e. The molecule has 1 aliphatic heterocycles. The summed E-state index contributed by atoms with van der Waals surface area (Å²) in [5.41, 5.74) is 0.921. The Hall–Kier alpha value is -2.90. The van der Waals surface area contributed by atoms with E-state index in [2.05, 4.69) is 10.6 Å². The average Bonchev–Trinajstić information content (AvgIpc) is 2.77. The normalized spacial score (nSPS) is 14.2. The number of morpholine rings is 1. The van der Waals surface area contributed by atoms with E-state index in [9.17, 15) is 9.59 Å². The van der Waals surface area contributed by atoms with Crippen molar-refractivity contribution in [3.05, 3.63) is 60.2 Å². The third kappa shape index (κ3) is 6.89. The largest absolute Gasteiger partial charge is 0.484 e. The van der Waals surface area contributed by atoms with Crippen molar-refractivity contribution in [1.29, 1.82) is 0 Å². The lowest BCUT2D eigenvalue weighted by atomic mass is 10.1. The lowest BCUT2D eigenvalue weighted by Crippen LogP contribution is -3.14. The Morgan fingerprint density at radius 2 is 1.72 bits per heavy atom. The highest BCUT2D eigenvalue weighted by Crippen LogP contribution is 2.15. The highest BCUT2D eigenvalue weighted by Gasteiger charge is 2.15. The molecule has 29 heavy (non-hydrogen) atoms. The molecule has 0 saturated carbocycles. The van der Waals surface area contributed by atoms with Crippen molar-refractivity contribution in [2.75, 3.05) is 51.3 Å². The van der Waals surface area contributed by atoms with Crippen LogP contribution in [0.2, 0.25) is 0 Å². The van der Waals surface area contributed by atoms with Crippen LogP contribution in [-0.2, 0) is 9.53 Å². The summed E-state index contributed by atoms with van der Waals surface area (Å²) >= 11 is 0. The average molecular weight is 398 g/mol. The predicted molar refractivity (Wildman–Crippen MR) is 110 cm³/mol. The van der Waals surface area contributed by atoms with Crippen molar-refractivity contribution in [3.8, 4) is 5.75 Å². The first-order valence-electron chi connectivity index (χ1n) is 9.98. The molecule has 0 aliphatic carbocycles. The molecule has 2 amide bonds. The number of para-hydroxylation sites is 2. The highest BCUT2D eigenvalue weighted by molar-refractivity contribution is 6.04. The monoisotopic (exact) mass is 398 g/mol. The maximum Gasteiger partial charge on any atom is 0.262 e. The van der Waals surface area contributed by atoms with E-state index >= 15 is 0 Å². The van der Waals surface area contributed by atoms with E-state index in [-0.39, 0.29) is 18.4 Å². The second kappa shape index (κ2) is 11.2. The standard InChI is InChI=1S/C22H27N3O4/c26-21(17-29-18-7-2-1-3-8-18)24-20-10-5-4-9-19(20)22(27)23-11-6-12-25-13-15-28-16-14-25/h1-5,7-10H,6,11-17H2,(H,23,27)(H,24,26)/p+1. The van der Waals surface area contributed by atoms with Crippen LogP contribution >= 0.6 is 0 Å². The number of carbonyl (C=O) groups excluding carboxylic acids is 2. The molecule has 3 rings (SSSR count). The lowest BCUT2D eigenvalue weighted by Gasteiger charge is -2.23. The Kier molecular flexibility index (Phi) is 8.03. The molecule has 1 saturated heterocycles. The third-order valence-corrected chi connectivity index (χ3v) is 4.75.